The van der Waals surface area contributed by atoms with Crippen LogP contribution >= 0.6 is 0 Å². The summed E-state index contributed by atoms with van der Waals surface area (Å²) in [5.74, 6) is -0.186. The number of hydrogen-bond acceptors (Lipinski definition) is 0. The van der Waals surface area contributed by atoms with E-state index < -0.39 is 11.6 Å². The van der Waals surface area contributed by atoms with Crippen molar-refractivity contribution in [3.8, 4) is 11.1 Å². The Bertz CT molecular complexity index is 665. The van der Waals surface area contributed by atoms with E-state index >= 15 is 0 Å². The van der Waals surface area contributed by atoms with Crippen molar-refractivity contribution in [3.63, 3.8) is 0 Å². The van der Waals surface area contributed by atoms with E-state index in [0.29, 0.717) is 11.5 Å². The van der Waals surface area contributed by atoms with Crippen LogP contribution in [0, 0.1) is 17.6 Å². The van der Waals surface area contributed by atoms with Gasteiger partial charge in [-0.25, -0.2) is 8.78 Å². The maximum Gasteiger partial charge on any atom is 0.159 e. The molecule has 0 amide bonds. The van der Waals surface area contributed by atoms with Gasteiger partial charge in [-0.3, -0.25) is 0 Å². The minimum atomic E-state index is -0.804. The molecule has 0 radical (unpaired) electrons. The Labute approximate surface area is 136 Å². The molecule has 3 rings (SSSR count). The zero-order valence-corrected chi connectivity index (χ0v) is 13.3. The van der Waals surface area contributed by atoms with E-state index in [-0.39, 0.29) is 0 Å². The molecule has 0 heterocycles. The Kier molecular flexibility index (Phi) is 4.90. The molecule has 0 unspecified atom stereocenters. The predicted octanol–water partition coefficient (Wildman–Crippen LogP) is 6.48. The highest BCUT2D eigenvalue weighted by Gasteiger charge is 2.21. The molecule has 2 heteroatoms. The molecule has 0 saturated heterocycles. The van der Waals surface area contributed by atoms with Crippen molar-refractivity contribution in [2.45, 2.75) is 38.0 Å². The van der Waals surface area contributed by atoms with Crippen LogP contribution in [0.5, 0.6) is 0 Å². The van der Waals surface area contributed by atoms with Crippen LogP contribution in [-0.2, 0) is 0 Å². The Hall–Kier alpha value is -1.96. The molecule has 2 aromatic rings. The number of rotatable bonds is 4. The number of benzene rings is 2. The molecule has 0 nitrogen and oxygen atoms in total. The normalized spacial score (nSPS) is 21.1. The molecule has 120 valence electrons. The summed E-state index contributed by atoms with van der Waals surface area (Å²) in [5.41, 5.74) is 2.99. The molecule has 2 aromatic carbocycles. The third-order valence-electron chi connectivity index (χ3n) is 4.98. The molecule has 0 spiro atoms. The van der Waals surface area contributed by atoms with Gasteiger partial charge < -0.3 is 0 Å². The van der Waals surface area contributed by atoms with Crippen molar-refractivity contribution in [2.24, 2.45) is 5.92 Å². The van der Waals surface area contributed by atoms with Crippen LogP contribution in [0.25, 0.3) is 11.1 Å². The largest absolute Gasteiger partial charge is 0.204 e. The van der Waals surface area contributed by atoms with Gasteiger partial charge >= 0.3 is 0 Å². The lowest BCUT2D eigenvalue weighted by atomic mass is 9.77. The Morgan fingerprint density at radius 1 is 0.870 bits per heavy atom. The van der Waals surface area contributed by atoms with Crippen LogP contribution in [-0.4, -0.2) is 0 Å². The van der Waals surface area contributed by atoms with Crippen molar-refractivity contribution in [3.05, 3.63) is 72.3 Å². The standard InChI is InChI=1S/C21H22F2/c1-2-3-15-4-6-16(7-5-15)17-8-10-18(11-9-17)19-12-13-20(22)21(23)14-19/h2,8-16H,1,3-7H2. The molecule has 1 saturated carbocycles. The van der Waals surface area contributed by atoms with Gasteiger partial charge in [0.05, 0.1) is 0 Å². The van der Waals surface area contributed by atoms with E-state index in [1.165, 1.54) is 43.4 Å². The highest BCUT2D eigenvalue weighted by atomic mass is 19.2. The zero-order valence-electron chi connectivity index (χ0n) is 13.3. The molecule has 0 aliphatic heterocycles. The number of hydrogen-bond donors (Lipinski definition) is 0. The molecule has 0 atom stereocenters. The van der Waals surface area contributed by atoms with E-state index in [9.17, 15) is 8.78 Å². The van der Waals surface area contributed by atoms with Crippen LogP contribution in [0.4, 0.5) is 8.78 Å². The first kappa shape index (κ1) is 15.9. The lowest BCUT2D eigenvalue weighted by Crippen LogP contribution is -2.12. The van der Waals surface area contributed by atoms with Gasteiger partial charge in [-0.05, 0) is 72.8 Å². The Balaban J connectivity index is 1.70. The molecule has 23 heavy (non-hydrogen) atoms. The molecule has 1 aliphatic rings. The van der Waals surface area contributed by atoms with Gasteiger partial charge in [0.15, 0.2) is 11.6 Å². The second-order valence-electron chi connectivity index (χ2n) is 6.49. The summed E-state index contributed by atoms with van der Waals surface area (Å²) >= 11 is 0. The van der Waals surface area contributed by atoms with Crippen molar-refractivity contribution in [1.82, 2.24) is 0 Å². The quantitative estimate of drug-likeness (QED) is 0.567. The fourth-order valence-corrected chi connectivity index (χ4v) is 3.59. The van der Waals surface area contributed by atoms with Crippen LogP contribution in [0.15, 0.2) is 55.1 Å². The summed E-state index contributed by atoms with van der Waals surface area (Å²) in [5, 5.41) is 0. The van der Waals surface area contributed by atoms with Gasteiger partial charge in [0.1, 0.15) is 0 Å². The molecular weight excluding hydrogens is 290 g/mol. The molecule has 0 N–H and O–H groups in total. The highest BCUT2D eigenvalue weighted by Crippen LogP contribution is 2.37. The minimum Gasteiger partial charge on any atom is -0.204 e. The van der Waals surface area contributed by atoms with Crippen molar-refractivity contribution >= 4 is 0 Å². The van der Waals surface area contributed by atoms with Crippen molar-refractivity contribution in [1.29, 1.82) is 0 Å². The predicted molar refractivity (Wildman–Crippen MR) is 91.3 cm³/mol. The molecule has 0 aromatic heterocycles. The van der Waals surface area contributed by atoms with E-state index in [2.05, 4.69) is 18.7 Å². The average Bonchev–Trinajstić information content (AvgIpc) is 2.59. The van der Waals surface area contributed by atoms with E-state index in [0.717, 1.165) is 17.9 Å². The zero-order chi connectivity index (χ0) is 16.2. The summed E-state index contributed by atoms with van der Waals surface area (Å²) in [6, 6.07) is 12.3. The van der Waals surface area contributed by atoms with Crippen LogP contribution in [0.1, 0.15) is 43.6 Å². The van der Waals surface area contributed by atoms with E-state index in [1.807, 2.05) is 18.2 Å². The van der Waals surface area contributed by atoms with Gasteiger partial charge in [0, 0.05) is 0 Å². The Morgan fingerprint density at radius 3 is 2.13 bits per heavy atom. The molecular formula is C21H22F2. The summed E-state index contributed by atoms with van der Waals surface area (Å²) in [6.45, 7) is 3.83. The second kappa shape index (κ2) is 7.08. The van der Waals surface area contributed by atoms with Crippen LogP contribution in [0.2, 0.25) is 0 Å². The van der Waals surface area contributed by atoms with Gasteiger partial charge in [-0.2, -0.15) is 0 Å². The maximum atomic E-state index is 13.4. The fraction of sp³-hybridized carbons (Fsp3) is 0.333. The lowest BCUT2D eigenvalue weighted by molar-refractivity contribution is 0.328. The number of allylic oxidation sites excluding steroid dienone is 1. The van der Waals surface area contributed by atoms with Crippen LogP contribution in [0.3, 0.4) is 0 Å². The first-order valence-corrected chi connectivity index (χ1v) is 8.33. The summed E-state index contributed by atoms with van der Waals surface area (Å²) in [7, 11) is 0. The molecule has 1 fully saturated rings. The SMILES string of the molecule is C=CCC1CCC(c2ccc(-c3ccc(F)c(F)c3)cc2)CC1. The average molecular weight is 312 g/mol. The van der Waals surface area contributed by atoms with Gasteiger partial charge in [0.2, 0.25) is 0 Å². The monoisotopic (exact) mass is 312 g/mol. The van der Waals surface area contributed by atoms with Crippen molar-refractivity contribution in [2.75, 3.05) is 0 Å². The Morgan fingerprint density at radius 2 is 1.52 bits per heavy atom. The summed E-state index contributed by atoms with van der Waals surface area (Å²) < 4.78 is 26.4. The third kappa shape index (κ3) is 3.69. The van der Waals surface area contributed by atoms with Crippen molar-refractivity contribution < 1.29 is 8.78 Å². The van der Waals surface area contributed by atoms with Gasteiger partial charge in [-0.15, -0.1) is 6.58 Å². The maximum absolute atomic E-state index is 13.4. The first-order valence-electron chi connectivity index (χ1n) is 8.33. The minimum absolute atomic E-state index is 0.620. The number of halogens is 2. The van der Waals surface area contributed by atoms with Gasteiger partial charge in [0.25, 0.3) is 0 Å². The molecule has 1 aliphatic carbocycles. The second-order valence-corrected chi connectivity index (χ2v) is 6.49. The topological polar surface area (TPSA) is 0 Å². The highest BCUT2D eigenvalue weighted by molar-refractivity contribution is 5.63. The third-order valence-corrected chi connectivity index (χ3v) is 4.98. The summed E-state index contributed by atoms with van der Waals surface area (Å²) in [4.78, 5) is 0. The molecule has 0 bridgehead atoms. The van der Waals surface area contributed by atoms with Gasteiger partial charge in [-0.1, -0.05) is 36.4 Å². The first-order chi connectivity index (χ1) is 11.2. The van der Waals surface area contributed by atoms with Crippen LogP contribution < -0.4 is 0 Å². The smallest absolute Gasteiger partial charge is 0.159 e. The fourth-order valence-electron chi connectivity index (χ4n) is 3.59. The summed E-state index contributed by atoms with van der Waals surface area (Å²) in [6.07, 6.45) is 8.14. The van der Waals surface area contributed by atoms with E-state index in [4.69, 9.17) is 0 Å². The lowest BCUT2D eigenvalue weighted by Gasteiger charge is -2.28. The van der Waals surface area contributed by atoms with E-state index in [1.54, 1.807) is 6.07 Å².